The summed E-state index contributed by atoms with van der Waals surface area (Å²) in [5, 5.41) is 3.40. The lowest BCUT2D eigenvalue weighted by Crippen LogP contribution is -2.30. The third kappa shape index (κ3) is 5.84. The van der Waals surface area contributed by atoms with Gasteiger partial charge < -0.3 is 10.2 Å². The van der Waals surface area contributed by atoms with Gasteiger partial charge in [0.15, 0.2) is 0 Å². The molecule has 0 aliphatic carbocycles. The van der Waals surface area contributed by atoms with E-state index in [1.807, 2.05) is 12.1 Å². The molecular formula is C26H27ClF2N4O2S. The number of nitrogens with zero attached hydrogens (tertiary/aromatic N) is 2. The number of alkyl halides is 2. The number of nitrogens with one attached hydrogen (secondary N) is 2. The van der Waals surface area contributed by atoms with Gasteiger partial charge >= 0.3 is 0 Å². The monoisotopic (exact) mass is 532 g/mol. The van der Waals surface area contributed by atoms with Crippen LogP contribution in [0.2, 0.25) is 5.02 Å². The Morgan fingerprint density at radius 3 is 2.58 bits per heavy atom. The molecule has 10 heteroatoms. The van der Waals surface area contributed by atoms with Crippen LogP contribution in [0.15, 0.2) is 59.6 Å². The van der Waals surface area contributed by atoms with Crippen LogP contribution in [0.4, 0.5) is 20.3 Å². The quantitative estimate of drug-likeness (QED) is 0.386. The summed E-state index contributed by atoms with van der Waals surface area (Å²) >= 11 is 6.04. The zero-order chi connectivity index (χ0) is 26.1. The van der Waals surface area contributed by atoms with Crippen LogP contribution in [-0.4, -0.2) is 40.4 Å². The van der Waals surface area contributed by atoms with Gasteiger partial charge in [-0.15, -0.1) is 0 Å². The molecule has 0 saturated carbocycles. The van der Waals surface area contributed by atoms with Crippen molar-refractivity contribution in [1.29, 1.82) is 4.78 Å². The summed E-state index contributed by atoms with van der Waals surface area (Å²) in [4.78, 5) is 20.3. The van der Waals surface area contributed by atoms with E-state index in [0.29, 0.717) is 33.5 Å². The van der Waals surface area contributed by atoms with Crippen LogP contribution in [-0.2, 0) is 9.73 Å². The van der Waals surface area contributed by atoms with E-state index in [4.69, 9.17) is 16.4 Å². The molecule has 36 heavy (non-hydrogen) atoms. The Hall–Kier alpha value is -3.04. The van der Waals surface area contributed by atoms with E-state index in [1.165, 1.54) is 12.3 Å². The molecule has 190 valence electrons. The number of carbonyl (C=O) groups is 1. The Balaban J connectivity index is 1.78. The predicted octanol–water partition coefficient (Wildman–Crippen LogP) is 6.62. The van der Waals surface area contributed by atoms with Crippen molar-refractivity contribution in [2.24, 2.45) is 0 Å². The van der Waals surface area contributed by atoms with Crippen molar-refractivity contribution >= 4 is 38.7 Å². The minimum absolute atomic E-state index is 0.0756. The molecule has 1 fully saturated rings. The van der Waals surface area contributed by atoms with E-state index in [2.05, 4.69) is 10.3 Å². The van der Waals surface area contributed by atoms with Crippen molar-refractivity contribution in [1.82, 2.24) is 4.98 Å². The van der Waals surface area contributed by atoms with Gasteiger partial charge in [-0.1, -0.05) is 29.8 Å². The number of aromatic nitrogens is 1. The number of rotatable bonds is 5. The highest BCUT2D eigenvalue weighted by Crippen LogP contribution is 2.35. The van der Waals surface area contributed by atoms with Gasteiger partial charge in [0, 0.05) is 59.6 Å². The Morgan fingerprint density at radius 2 is 1.89 bits per heavy atom. The van der Waals surface area contributed by atoms with E-state index in [-0.39, 0.29) is 31.4 Å². The summed E-state index contributed by atoms with van der Waals surface area (Å²) in [5.41, 5.74) is 2.84. The summed E-state index contributed by atoms with van der Waals surface area (Å²) in [6.45, 7) is 2.23. The SMILES string of the molecule is Cc1c(-c2ccc(Cl)cc2)cnc(N2CCCC(F)(F)CC2)c1C(=O)Nc1cccc(S(C)(=N)=O)c1. The second-order valence-corrected chi connectivity index (χ2v) is 11.6. The van der Waals surface area contributed by atoms with Crippen LogP contribution in [0.3, 0.4) is 0 Å². The van der Waals surface area contributed by atoms with Gasteiger partial charge in [0.1, 0.15) is 5.82 Å². The van der Waals surface area contributed by atoms with Crippen molar-refractivity contribution in [2.75, 3.05) is 29.6 Å². The highest BCUT2D eigenvalue weighted by molar-refractivity contribution is 7.91. The third-order valence-corrected chi connectivity index (χ3v) is 7.67. The molecule has 2 heterocycles. The first-order valence-electron chi connectivity index (χ1n) is 11.5. The molecule has 0 spiro atoms. The van der Waals surface area contributed by atoms with Crippen LogP contribution in [0.1, 0.15) is 35.2 Å². The molecule has 1 saturated heterocycles. The molecule has 2 aromatic carbocycles. The molecule has 2 N–H and O–H groups in total. The summed E-state index contributed by atoms with van der Waals surface area (Å²) < 4.78 is 48.1. The molecule has 1 aliphatic rings. The maximum Gasteiger partial charge on any atom is 0.259 e. The van der Waals surface area contributed by atoms with Gasteiger partial charge in [0.2, 0.25) is 5.92 Å². The van der Waals surface area contributed by atoms with Crippen molar-refractivity contribution in [3.8, 4) is 11.1 Å². The fourth-order valence-electron chi connectivity index (χ4n) is 4.31. The molecule has 1 unspecified atom stereocenters. The summed E-state index contributed by atoms with van der Waals surface area (Å²) in [7, 11) is -2.97. The van der Waals surface area contributed by atoms with Crippen LogP contribution >= 0.6 is 11.6 Å². The first-order chi connectivity index (χ1) is 16.9. The summed E-state index contributed by atoms with van der Waals surface area (Å²) in [6.07, 6.45) is 2.73. The van der Waals surface area contributed by atoms with Gasteiger partial charge in [0.25, 0.3) is 5.91 Å². The van der Waals surface area contributed by atoms with E-state index in [1.54, 1.807) is 48.4 Å². The average molecular weight is 533 g/mol. The molecule has 1 atom stereocenters. The smallest absolute Gasteiger partial charge is 0.259 e. The maximum atomic E-state index is 14.1. The number of anilines is 2. The van der Waals surface area contributed by atoms with Crippen LogP contribution < -0.4 is 10.2 Å². The number of amides is 1. The molecule has 3 aromatic rings. The lowest BCUT2D eigenvalue weighted by molar-refractivity contribution is -0.0102. The fraction of sp³-hybridized carbons (Fsp3) is 0.308. The van der Waals surface area contributed by atoms with E-state index in [0.717, 1.165) is 11.1 Å². The Morgan fingerprint density at radius 1 is 1.17 bits per heavy atom. The second-order valence-electron chi connectivity index (χ2n) is 9.02. The number of hydrogen-bond acceptors (Lipinski definition) is 5. The predicted molar refractivity (Wildman–Crippen MR) is 140 cm³/mol. The first-order valence-corrected chi connectivity index (χ1v) is 13.8. The normalized spacial score (nSPS) is 17.2. The van der Waals surface area contributed by atoms with Crippen molar-refractivity contribution < 1.29 is 17.8 Å². The molecule has 0 bridgehead atoms. The second kappa shape index (κ2) is 10.1. The summed E-state index contributed by atoms with van der Waals surface area (Å²) in [5.74, 6) is -2.87. The largest absolute Gasteiger partial charge is 0.356 e. The first kappa shape index (κ1) is 26.0. The minimum Gasteiger partial charge on any atom is -0.356 e. The number of carbonyl (C=O) groups excluding carboxylic acids is 1. The van der Waals surface area contributed by atoms with Gasteiger partial charge in [-0.25, -0.2) is 22.8 Å². The number of hydrogen-bond donors (Lipinski definition) is 2. The molecule has 1 amide bonds. The topological polar surface area (TPSA) is 86.2 Å². The zero-order valence-corrected chi connectivity index (χ0v) is 21.6. The van der Waals surface area contributed by atoms with E-state index >= 15 is 0 Å². The van der Waals surface area contributed by atoms with E-state index in [9.17, 15) is 17.8 Å². The molecule has 6 nitrogen and oxygen atoms in total. The van der Waals surface area contributed by atoms with Crippen molar-refractivity contribution in [3.05, 3.63) is 70.9 Å². The number of benzene rings is 2. The highest BCUT2D eigenvalue weighted by atomic mass is 35.5. The maximum absolute atomic E-state index is 14.1. The van der Waals surface area contributed by atoms with Gasteiger partial charge in [-0.05, 0) is 54.8 Å². The summed E-state index contributed by atoms with van der Waals surface area (Å²) in [6, 6.07) is 13.5. The Bertz CT molecular complexity index is 1400. The average Bonchev–Trinajstić information content (AvgIpc) is 2.99. The van der Waals surface area contributed by atoms with Crippen LogP contribution in [0, 0.1) is 11.7 Å². The van der Waals surface area contributed by atoms with Crippen molar-refractivity contribution in [2.45, 2.75) is 37.0 Å². The number of pyridine rings is 1. The number of halogens is 3. The Kier molecular flexibility index (Phi) is 7.33. The molecule has 1 aliphatic heterocycles. The van der Waals surface area contributed by atoms with Gasteiger partial charge in [-0.2, -0.15) is 0 Å². The Labute approximate surface area is 214 Å². The lowest BCUT2D eigenvalue weighted by atomic mass is 9.97. The minimum atomic E-state index is -2.97. The third-order valence-electron chi connectivity index (χ3n) is 6.26. The molecule has 0 radical (unpaired) electrons. The van der Waals surface area contributed by atoms with Crippen molar-refractivity contribution in [3.63, 3.8) is 0 Å². The highest BCUT2D eigenvalue weighted by Gasteiger charge is 2.33. The molecule has 1 aromatic heterocycles. The zero-order valence-electron chi connectivity index (χ0n) is 20.0. The fourth-order valence-corrected chi connectivity index (χ4v) is 5.12. The van der Waals surface area contributed by atoms with Gasteiger partial charge in [-0.3, -0.25) is 4.79 Å². The van der Waals surface area contributed by atoms with Gasteiger partial charge in [0.05, 0.1) is 15.3 Å². The lowest BCUT2D eigenvalue weighted by Gasteiger charge is -2.26. The van der Waals surface area contributed by atoms with E-state index < -0.39 is 21.6 Å². The van der Waals surface area contributed by atoms with Crippen LogP contribution in [0.25, 0.3) is 11.1 Å². The standard InChI is InChI=1S/C26H27ClF2N4O2S/c1-17-22(18-7-9-19(27)10-8-18)16-31-24(33-13-4-11-26(28,29)12-14-33)23(17)25(34)32-20-5-3-6-21(15-20)36(2,30)35/h3,5-10,15-16,30H,4,11-14H2,1-2H3,(H,32,34). The molecular weight excluding hydrogens is 506 g/mol. The molecule has 4 rings (SSSR count). The van der Waals surface area contributed by atoms with Crippen LogP contribution in [0.5, 0.6) is 0 Å².